The summed E-state index contributed by atoms with van der Waals surface area (Å²) >= 11 is 0. The third-order valence-electron chi connectivity index (χ3n) is 11.1. The first-order valence-electron chi connectivity index (χ1n) is 19.8. The third kappa shape index (κ3) is 10.2. The van der Waals surface area contributed by atoms with E-state index in [1.165, 1.54) is 27.3 Å². The van der Waals surface area contributed by atoms with E-state index < -0.39 is 0 Å². The van der Waals surface area contributed by atoms with E-state index in [1.54, 1.807) is 31.9 Å². The molecule has 2 aliphatic carbocycles. The van der Waals surface area contributed by atoms with Crippen LogP contribution >= 0.6 is 0 Å². The van der Waals surface area contributed by atoms with Gasteiger partial charge in [0.1, 0.15) is 0 Å². The Labute approximate surface area is 366 Å². The molecular formula is C49H53N6NaO2. The van der Waals surface area contributed by atoms with Gasteiger partial charge in [-0.3, -0.25) is 19.6 Å². The molecule has 9 heteroatoms. The van der Waals surface area contributed by atoms with Crippen molar-refractivity contribution in [3.8, 4) is 0 Å². The van der Waals surface area contributed by atoms with Gasteiger partial charge in [-0.1, -0.05) is 126 Å². The maximum Gasteiger partial charge on any atom is 1.00 e. The molecule has 2 fully saturated rings. The van der Waals surface area contributed by atoms with Gasteiger partial charge in [0, 0.05) is 65.6 Å². The Morgan fingerprint density at radius 2 is 1.14 bits per heavy atom. The molecule has 2 aromatic heterocycles. The monoisotopic (exact) mass is 780 g/mol. The fourth-order valence-corrected chi connectivity index (χ4v) is 7.36. The van der Waals surface area contributed by atoms with Crippen LogP contribution in [0.15, 0.2) is 132 Å². The zero-order chi connectivity index (χ0) is 40.3. The summed E-state index contributed by atoms with van der Waals surface area (Å²) in [4.78, 5) is 33.5. The molecule has 4 atom stereocenters. The average Bonchev–Trinajstić information content (AvgIpc) is 4.15. The third-order valence-corrected chi connectivity index (χ3v) is 11.1. The molecule has 2 heterocycles. The molecule has 2 aliphatic rings. The number of carbonyl (C=O) groups is 2. The van der Waals surface area contributed by atoms with Crippen LogP contribution < -0.4 is 35.0 Å². The normalized spacial score (nSPS) is 18.7. The van der Waals surface area contributed by atoms with Crippen molar-refractivity contribution >= 4 is 45.8 Å². The van der Waals surface area contributed by atoms with E-state index in [1.807, 2.05) is 60.9 Å². The second-order valence-electron chi connectivity index (χ2n) is 17.4. The van der Waals surface area contributed by atoms with E-state index in [9.17, 15) is 9.59 Å². The molecule has 0 spiro atoms. The molecule has 8 rings (SSSR count). The molecule has 6 aromatic rings. The van der Waals surface area contributed by atoms with Gasteiger partial charge in [-0.25, -0.2) is 10.4 Å². The van der Waals surface area contributed by atoms with Gasteiger partial charge >= 0.3 is 29.6 Å². The van der Waals surface area contributed by atoms with Gasteiger partial charge in [0.05, 0.1) is 12.4 Å². The maximum absolute atomic E-state index is 12.8. The van der Waals surface area contributed by atoms with Gasteiger partial charge < -0.3 is 1.43 Å². The van der Waals surface area contributed by atoms with Crippen molar-refractivity contribution in [1.29, 1.82) is 0 Å². The SMILES string of the molecule is CC(C)(C)c1ccc(C2CC2C(=O)N/N=C/c2cccc3cnccc23)cc1.CN(/N=C/c1cccc2cnccc12)C(=O)C1CC1c1ccc(C(C)(C)C)cc1.[H-].[Na+]. The number of hydrazone groups is 2. The fourth-order valence-electron chi connectivity index (χ4n) is 7.36. The Bertz CT molecular complexity index is 2440. The van der Waals surface area contributed by atoms with Gasteiger partial charge in [-0.05, 0) is 80.7 Å². The molecule has 0 bridgehead atoms. The maximum atomic E-state index is 12.8. The van der Waals surface area contributed by atoms with Crippen LogP contribution in [0.3, 0.4) is 0 Å². The number of nitrogens with zero attached hydrogens (tertiary/aromatic N) is 5. The number of fused-ring (bicyclic) bond motifs is 2. The van der Waals surface area contributed by atoms with Gasteiger partial charge in [-0.2, -0.15) is 10.2 Å². The summed E-state index contributed by atoms with van der Waals surface area (Å²) in [6.07, 6.45) is 12.4. The molecule has 0 aliphatic heterocycles. The zero-order valence-electron chi connectivity index (χ0n) is 36.0. The first-order valence-corrected chi connectivity index (χ1v) is 19.8. The molecule has 292 valence electrons. The summed E-state index contributed by atoms with van der Waals surface area (Å²) in [7, 11) is 1.74. The Kier molecular flexibility index (Phi) is 13.1. The van der Waals surface area contributed by atoms with Crippen LogP contribution in [-0.4, -0.2) is 46.3 Å². The number of benzene rings is 4. The van der Waals surface area contributed by atoms with E-state index in [4.69, 9.17) is 0 Å². The quantitative estimate of drug-likeness (QED) is 0.102. The van der Waals surface area contributed by atoms with E-state index >= 15 is 0 Å². The second-order valence-corrected chi connectivity index (χ2v) is 17.4. The standard InChI is InChI=1S/C25H27N3O.C24H25N3O.Na.H/c1-25(2,3)20-10-8-17(9-11-20)22-14-23(22)24(29)28(4)27-16-19-7-5-6-18-15-26-13-12-21(18)19;1-24(2,3)19-9-7-16(8-10-19)21-13-22(21)23(28)27-26-15-18-6-4-5-17-14-25-12-11-20(17)18;;/h5-13,15-16,22-23H,14H2,1-4H3;4-12,14-15,21-22H,13H2,1-3H3,(H,27,28);;/q;;+1;-1/b27-16+;26-15+;;. The van der Waals surface area contributed by atoms with Crippen molar-refractivity contribution in [1.82, 2.24) is 20.4 Å². The number of hydrogen-bond donors (Lipinski definition) is 1. The predicted molar refractivity (Wildman–Crippen MR) is 233 cm³/mol. The minimum Gasteiger partial charge on any atom is -1.00 e. The zero-order valence-corrected chi connectivity index (χ0v) is 37.0. The Morgan fingerprint density at radius 1 is 0.672 bits per heavy atom. The summed E-state index contributed by atoms with van der Waals surface area (Å²) < 4.78 is 0. The Hall–Kier alpha value is -5.02. The summed E-state index contributed by atoms with van der Waals surface area (Å²) in [6.45, 7) is 13.3. The number of carbonyl (C=O) groups excluding carboxylic acids is 2. The van der Waals surface area contributed by atoms with E-state index in [2.05, 4.69) is 116 Å². The van der Waals surface area contributed by atoms with Crippen LogP contribution in [0.2, 0.25) is 0 Å². The average molecular weight is 781 g/mol. The summed E-state index contributed by atoms with van der Waals surface area (Å²) in [5.41, 5.74) is 10.0. The largest absolute Gasteiger partial charge is 1.00 e. The first kappa shape index (κ1) is 42.6. The molecule has 2 amide bonds. The predicted octanol–water partition coefficient (Wildman–Crippen LogP) is 7.03. The molecule has 0 saturated heterocycles. The smallest absolute Gasteiger partial charge is 1.00 e. The summed E-state index contributed by atoms with van der Waals surface area (Å²) in [5.74, 6) is 0.699. The number of pyridine rings is 2. The van der Waals surface area contributed by atoms with Crippen molar-refractivity contribution in [2.45, 2.75) is 77.0 Å². The molecular weight excluding hydrogens is 728 g/mol. The first-order chi connectivity index (χ1) is 27.3. The minimum absolute atomic E-state index is 0. The molecule has 58 heavy (non-hydrogen) atoms. The number of nitrogens with one attached hydrogen (secondary N) is 1. The molecule has 0 radical (unpaired) electrons. The van der Waals surface area contributed by atoms with Crippen molar-refractivity contribution in [3.63, 3.8) is 0 Å². The van der Waals surface area contributed by atoms with Gasteiger partial charge in [0.25, 0.3) is 0 Å². The molecule has 4 unspecified atom stereocenters. The van der Waals surface area contributed by atoms with Gasteiger partial charge in [0.15, 0.2) is 0 Å². The molecule has 8 nitrogen and oxygen atoms in total. The second kappa shape index (κ2) is 17.9. The van der Waals surface area contributed by atoms with Gasteiger partial charge in [0.2, 0.25) is 11.8 Å². The van der Waals surface area contributed by atoms with Crippen molar-refractivity contribution in [2.24, 2.45) is 22.0 Å². The fraction of sp³-hybridized carbons (Fsp3) is 0.306. The number of hydrogen-bond acceptors (Lipinski definition) is 6. The van der Waals surface area contributed by atoms with Crippen LogP contribution in [0.25, 0.3) is 21.5 Å². The molecule has 2 saturated carbocycles. The number of rotatable bonds is 8. The van der Waals surface area contributed by atoms with Gasteiger partial charge in [-0.15, -0.1) is 0 Å². The number of amides is 2. The van der Waals surface area contributed by atoms with Crippen molar-refractivity contribution in [3.05, 3.63) is 155 Å². The molecule has 4 aromatic carbocycles. The Morgan fingerprint density at radius 3 is 1.64 bits per heavy atom. The Balaban J connectivity index is 0.000000217. The van der Waals surface area contributed by atoms with Crippen LogP contribution in [0, 0.1) is 11.8 Å². The van der Waals surface area contributed by atoms with Crippen LogP contribution in [-0.2, 0) is 20.4 Å². The van der Waals surface area contributed by atoms with Crippen molar-refractivity contribution < 1.29 is 40.6 Å². The van der Waals surface area contributed by atoms with E-state index in [0.717, 1.165) is 45.5 Å². The van der Waals surface area contributed by atoms with Crippen molar-refractivity contribution in [2.75, 3.05) is 7.05 Å². The van der Waals surface area contributed by atoms with Crippen LogP contribution in [0.4, 0.5) is 0 Å². The topological polar surface area (TPSA) is 99.9 Å². The van der Waals surface area contributed by atoms with Crippen LogP contribution in [0.5, 0.6) is 0 Å². The minimum atomic E-state index is -0.0111. The van der Waals surface area contributed by atoms with Crippen LogP contribution in [0.1, 0.15) is 101 Å². The van der Waals surface area contributed by atoms with E-state index in [-0.39, 0.29) is 65.5 Å². The summed E-state index contributed by atoms with van der Waals surface area (Å²) in [5, 5.41) is 14.3. The molecule has 1 N–H and O–H groups in total. The summed E-state index contributed by atoms with van der Waals surface area (Å²) in [6, 6.07) is 33.3. The van der Waals surface area contributed by atoms with E-state index in [0.29, 0.717) is 11.8 Å². The number of aromatic nitrogens is 2.